The zero-order valence-electron chi connectivity index (χ0n) is 12.8. The molecule has 21 heavy (non-hydrogen) atoms. The molecule has 0 radical (unpaired) electrons. The molecule has 2 fully saturated rings. The number of hydrazine groups is 1. The van der Waals surface area contributed by atoms with Crippen LogP contribution in [0.1, 0.15) is 19.3 Å². The number of hydrogen-bond donors (Lipinski definition) is 1. The van der Waals surface area contributed by atoms with Gasteiger partial charge in [0, 0.05) is 32.6 Å². The van der Waals surface area contributed by atoms with Crippen LogP contribution in [0.15, 0.2) is 24.3 Å². The molecular weight excluding hydrogens is 266 g/mol. The number of likely N-dealkylation sites (N-methyl/N-ethyl adjacent to an activating group) is 1. The number of anilines is 1. The summed E-state index contributed by atoms with van der Waals surface area (Å²) in [5, 5.41) is 2.25. The molecule has 0 aliphatic carbocycles. The van der Waals surface area contributed by atoms with E-state index in [-0.39, 0.29) is 6.29 Å². The first kappa shape index (κ1) is 14.6. The third-order valence-electron chi connectivity index (χ3n) is 4.07. The van der Waals surface area contributed by atoms with Crippen LogP contribution in [-0.2, 0) is 4.74 Å². The molecular formula is C16H25N3O2. The Morgan fingerprint density at radius 3 is 2.71 bits per heavy atom. The molecule has 2 aliphatic heterocycles. The van der Waals surface area contributed by atoms with Gasteiger partial charge in [-0.1, -0.05) is 12.1 Å². The molecule has 5 heteroatoms. The quantitative estimate of drug-likeness (QED) is 0.920. The molecule has 1 unspecified atom stereocenters. The molecule has 1 aromatic rings. The van der Waals surface area contributed by atoms with Crippen LogP contribution in [0.4, 0.5) is 5.69 Å². The Balaban J connectivity index is 1.61. The highest BCUT2D eigenvalue weighted by molar-refractivity contribution is 5.55. The summed E-state index contributed by atoms with van der Waals surface area (Å²) in [5.74, 6) is 0.878. The van der Waals surface area contributed by atoms with Gasteiger partial charge in [-0.3, -0.25) is 0 Å². The van der Waals surface area contributed by atoms with Crippen LogP contribution in [0.25, 0.3) is 0 Å². The van der Waals surface area contributed by atoms with Crippen LogP contribution in [0.5, 0.6) is 5.75 Å². The van der Waals surface area contributed by atoms with Gasteiger partial charge >= 0.3 is 0 Å². The second-order valence-electron chi connectivity index (χ2n) is 5.81. The third-order valence-corrected chi connectivity index (χ3v) is 4.07. The molecule has 0 amide bonds. The molecule has 2 saturated heterocycles. The van der Waals surface area contributed by atoms with Gasteiger partial charge in [0.05, 0.1) is 12.3 Å². The first-order valence-corrected chi connectivity index (χ1v) is 7.89. The highest BCUT2D eigenvalue weighted by atomic mass is 16.7. The largest absolute Gasteiger partial charge is 0.463 e. The fourth-order valence-electron chi connectivity index (χ4n) is 2.70. The van der Waals surface area contributed by atoms with E-state index in [1.54, 1.807) is 0 Å². The predicted octanol–water partition coefficient (Wildman–Crippen LogP) is 2.17. The Kier molecular flexibility index (Phi) is 4.95. The lowest BCUT2D eigenvalue weighted by molar-refractivity contribution is -0.105. The van der Waals surface area contributed by atoms with Crippen molar-refractivity contribution >= 4 is 5.69 Å². The molecule has 0 bridgehead atoms. The summed E-state index contributed by atoms with van der Waals surface area (Å²) in [6.07, 6.45) is 3.19. The van der Waals surface area contributed by atoms with Gasteiger partial charge in [-0.25, -0.2) is 5.01 Å². The fourth-order valence-corrected chi connectivity index (χ4v) is 2.70. The lowest BCUT2D eigenvalue weighted by Crippen LogP contribution is -2.47. The highest BCUT2D eigenvalue weighted by Gasteiger charge is 2.18. The first-order chi connectivity index (χ1) is 10.3. The summed E-state index contributed by atoms with van der Waals surface area (Å²) in [6.45, 7) is 5.01. The van der Waals surface area contributed by atoms with E-state index in [9.17, 15) is 0 Å². The smallest absolute Gasteiger partial charge is 0.199 e. The standard InChI is InChI=1S/C16H25N3O2/c1-18-9-11-19(12-10-18)17-14-6-2-3-7-15(14)21-16-8-4-5-13-20-16/h2-3,6-7,16-17H,4-5,8-13H2,1H3. The van der Waals surface area contributed by atoms with Gasteiger partial charge in [-0.2, -0.15) is 0 Å². The van der Waals surface area contributed by atoms with Crippen molar-refractivity contribution < 1.29 is 9.47 Å². The van der Waals surface area contributed by atoms with Gasteiger partial charge in [-0.05, 0) is 32.0 Å². The van der Waals surface area contributed by atoms with E-state index in [0.717, 1.165) is 57.1 Å². The number of rotatable bonds is 4. The number of ether oxygens (including phenoxy) is 2. The van der Waals surface area contributed by atoms with Crippen molar-refractivity contribution in [3.8, 4) is 5.75 Å². The second-order valence-corrected chi connectivity index (χ2v) is 5.81. The fraction of sp³-hybridized carbons (Fsp3) is 0.625. The number of piperazine rings is 1. The van der Waals surface area contributed by atoms with Gasteiger partial charge in [0.2, 0.25) is 0 Å². The average Bonchev–Trinajstić information content (AvgIpc) is 2.52. The second kappa shape index (κ2) is 7.11. The van der Waals surface area contributed by atoms with Crippen LogP contribution in [0, 0.1) is 0 Å². The molecule has 1 atom stereocenters. The third kappa shape index (κ3) is 4.09. The van der Waals surface area contributed by atoms with E-state index >= 15 is 0 Å². The number of nitrogens with zero attached hydrogens (tertiary/aromatic N) is 2. The van der Waals surface area contributed by atoms with E-state index in [2.05, 4.69) is 28.4 Å². The number of hydrogen-bond acceptors (Lipinski definition) is 5. The molecule has 3 rings (SSSR count). The van der Waals surface area contributed by atoms with E-state index in [1.807, 2.05) is 18.2 Å². The Morgan fingerprint density at radius 1 is 1.14 bits per heavy atom. The van der Waals surface area contributed by atoms with Crippen molar-refractivity contribution in [2.75, 3.05) is 45.3 Å². The molecule has 1 aromatic carbocycles. The maximum Gasteiger partial charge on any atom is 0.199 e. The molecule has 5 nitrogen and oxygen atoms in total. The normalized spacial score (nSPS) is 24.7. The van der Waals surface area contributed by atoms with Crippen LogP contribution >= 0.6 is 0 Å². The van der Waals surface area contributed by atoms with Crippen molar-refractivity contribution in [3.05, 3.63) is 24.3 Å². The Bertz CT molecular complexity index is 441. The minimum atomic E-state index is -0.103. The lowest BCUT2D eigenvalue weighted by Gasteiger charge is -2.33. The SMILES string of the molecule is CN1CCN(Nc2ccccc2OC2CCCCO2)CC1. The topological polar surface area (TPSA) is 37.0 Å². The number of para-hydroxylation sites is 2. The Labute approximate surface area is 126 Å². The van der Waals surface area contributed by atoms with Crippen LogP contribution in [-0.4, -0.2) is 56.0 Å². The summed E-state index contributed by atoms with van der Waals surface area (Å²) >= 11 is 0. The molecule has 1 N–H and O–H groups in total. The van der Waals surface area contributed by atoms with Gasteiger partial charge < -0.3 is 19.8 Å². The minimum Gasteiger partial charge on any atom is -0.463 e. The number of nitrogens with one attached hydrogen (secondary N) is 1. The summed E-state index contributed by atoms with van der Waals surface area (Å²) < 4.78 is 11.7. The zero-order valence-corrected chi connectivity index (χ0v) is 12.8. The van der Waals surface area contributed by atoms with Crippen molar-refractivity contribution in [1.29, 1.82) is 0 Å². The van der Waals surface area contributed by atoms with Gasteiger partial charge in [0.15, 0.2) is 6.29 Å². The summed E-state index contributed by atoms with van der Waals surface area (Å²) in [4.78, 5) is 2.34. The maximum absolute atomic E-state index is 6.03. The molecule has 2 heterocycles. The predicted molar refractivity (Wildman–Crippen MR) is 83.4 cm³/mol. The Morgan fingerprint density at radius 2 is 1.95 bits per heavy atom. The van der Waals surface area contributed by atoms with Crippen LogP contribution in [0.3, 0.4) is 0 Å². The van der Waals surface area contributed by atoms with Crippen LogP contribution < -0.4 is 10.2 Å². The molecule has 2 aliphatic rings. The monoisotopic (exact) mass is 291 g/mol. The van der Waals surface area contributed by atoms with E-state index in [4.69, 9.17) is 9.47 Å². The lowest BCUT2D eigenvalue weighted by atomic mass is 10.2. The van der Waals surface area contributed by atoms with E-state index < -0.39 is 0 Å². The van der Waals surface area contributed by atoms with Gasteiger partial charge in [-0.15, -0.1) is 0 Å². The molecule has 0 spiro atoms. The summed E-state index contributed by atoms with van der Waals surface area (Å²) in [5.41, 5.74) is 4.51. The highest BCUT2D eigenvalue weighted by Crippen LogP contribution is 2.27. The van der Waals surface area contributed by atoms with Crippen molar-refractivity contribution in [2.45, 2.75) is 25.6 Å². The zero-order chi connectivity index (χ0) is 14.5. The van der Waals surface area contributed by atoms with Crippen molar-refractivity contribution in [2.24, 2.45) is 0 Å². The van der Waals surface area contributed by atoms with Gasteiger partial charge in [0.1, 0.15) is 5.75 Å². The van der Waals surface area contributed by atoms with Crippen molar-refractivity contribution in [3.63, 3.8) is 0 Å². The van der Waals surface area contributed by atoms with Gasteiger partial charge in [0.25, 0.3) is 0 Å². The van der Waals surface area contributed by atoms with Crippen molar-refractivity contribution in [1.82, 2.24) is 9.91 Å². The molecule has 0 saturated carbocycles. The summed E-state index contributed by atoms with van der Waals surface area (Å²) in [7, 11) is 2.16. The van der Waals surface area contributed by atoms with Crippen LogP contribution in [0.2, 0.25) is 0 Å². The Hall–Kier alpha value is -1.30. The minimum absolute atomic E-state index is 0.103. The van der Waals surface area contributed by atoms with E-state index in [1.165, 1.54) is 6.42 Å². The first-order valence-electron chi connectivity index (χ1n) is 7.89. The molecule has 116 valence electrons. The maximum atomic E-state index is 6.03. The molecule has 0 aromatic heterocycles. The average molecular weight is 291 g/mol. The van der Waals surface area contributed by atoms with E-state index in [0.29, 0.717) is 0 Å². The number of benzene rings is 1. The summed E-state index contributed by atoms with van der Waals surface area (Å²) in [6, 6.07) is 8.12.